The Morgan fingerprint density at radius 3 is 2.45 bits per heavy atom. The minimum Gasteiger partial charge on any atom is -0.294 e. The Morgan fingerprint density at radius 1 is 1.20 bits per heavy atom. The number of Topliss-reactive ketones (excluding diaryl/α,β-unsaturated/α-hetero) is 1. The third-order valence-corrected chi connectivity index (χ3v) is 3.46. The van der Waals surface area contributed by atoms with Crippen LogP contribution in [-0.2, 0) is 6.54 Å². The Morgan fingerprint density at radius 2 is 1.90 bits per heavy atom. The summed E-state index contributed by atoms with van der Waals surface area (Å²) in [5.41, 5.74) is 3.78. The van der Waals surface area contributed by atoms with Crippen LogP contribution in [0.4, 0.5) is 0 Å². The Hall–Kier alpha value is -2.23. The van der Waals surface area contributed by atoms with Crippen LogP contribution in [0.1, 0.15) is 35.3 Å². The standard InChI is InChI=1S/C16H18N2O2/c1-5-18-16(20)14(12(4)19)9-15(17-18)13-7-6-10(2)11(3)8-13/h6-9H,5H2,1-4H3. The van der Waals surface area contributed by atoms with Crippen LogP contribution in [-0.4, -0.2) is 15.6 Å². The first-order valence-corrected chi connectivity index (χ1v) is 6.64. The molecule has 0 bridgehead atoms. The molecule has 1 heterocycles. The van der Waals surface area contributed by atoms with Crippen molar-refractivity contribution in [3.05, 3.63) is 51.3 Å². The van der Waals surface area contributed by atoms with E-state index in [1.807, 2.05) is 39.0 Å². The molecule has 0 amide bonds. The van der Waals surface area contributed by atoms with Gasteiger partial charge >= 0.3 is 0 Å². The van der Waals surface area contributed by atoms with Crippen LogP contribution in [0.15, 0.2) is 29.1 Å². The average Bonchev–Trinajstić information content (AvgIpc) is 2.42. The molecule has 0 aliphatic heterocycles. The summed E-state index contributed by atoms with van der Waals surface area (Å²) >= 11 is 0. The second-order valence-electron chi connectivity index (χ2n) is 4.92. The summed E-state index contributed by atoms with van der Waals surface area (Å²) in [6, 6.07) is 7.58. The Bertz CT molecular complexity index is 730. The van der Waals surface area contributed by atoms with Gasteiger partial charge in [0.15, 0.2) is 5.78 Å². The zero-order chi connectivity index (χ0) is 14.9. The maximum absolute atomic E-state index is 12.0. The number of aryl methyl sites for hydroxylation is 3. The van der Waals surface area contributed by atoms with Crippen molar-refractivity contribution in [3.8, 4) is 11.3 Å². The van der Waals surface area contributed by atoms with Crippen molar-refractivity contribution in [2.24, 2.45) is 0 Å². The first kappa shape index (κ1) is 14.2. The Kier molecular flexibility index (Phi) is 3.84. The van der Waals surface area contributed by atoms with Crippen LogP contribution < -0.4 is 5.56 Å². The van der Waals surface area contributed by atoms with Crippen LogP contribution in [0.3, 0.4) is 0 Å². The molecule has 0 aliphatic rings. The number of ketones is 1. The van der Waals surface area contributed by atoms with Crippen LogP contribution >= 0.6 is 0 Å². The van der Waals surface area contributed by atoms with E-state index in [1.165, 1.54) is 17.2 Å². The summed E-state index contributed by atoms with van der Waals surface area (Å²) in [4.78, 5) is 23.6. The van der Waals surface area contributed by atoms with Crippen molar-refractivity contribution in [2.45, 2.75) is 34.2 Å². The maximum atomic E-state index is 12.0. The summed E-state index contributed by atoms with van der Waals surface area (Å²) in [6.07, 6.45) is 0. The summed E-state index contributed by atoms with van der Waals surface area (Å²) in [6.45, 7) is 7.75. The van der Waals surface area contributed by atoms with Crippen molar-refractivity contribution in [3.63, 3.8) is 0 Å². The van der Waals surface area contributed by atoms with Gasteiger partial charge in [-0.15, -0.1) is 0 Å². The molecule has 2 rings (SSSR count). The lowest BCUT2D eigenvalue weighted by Gasteiger charge is -2.09. The molecule has 4 nitrogen and oxygen atoms in total. The first-order chi connectivity index (χ1) is 9.43. The Balaban J connectivity index is 2.68. The Labute approximate surface area is 118 Å². The molecule has 0 unspecified atom stereocenters. The summed E-state index contributed by atoms with van der Waals surface area (Å²) in [7, 11) is 0. The van der Waals surface area contributed by atoms with Gasteiger partial charge in [-0.25, -0.2) is 4.68 Å². The molecule has 104 valence electrons. The fourth-order valence-electron chi connectivity index (χ4n) is 2.05. The molecule has 0 fully saturated rings. The third-order valence-electron chi connectivity index (χ3n) is 3.46. The van der Waals surface area contributed by atoms with Gasteiger partial charge in [0, 0.05) is 12.1 Å². The number of hydrogen-bond donors (Lipinski definition) is 0. The number of hydrogen-bond acceptors (Lipinski definition) is 3. The summed E-state index contributed by atoms with van der Waals surface area (Å²) in [5.74, 6) is -0.232. The molecule has 0 N–H and O–H groups in total. The monoisotopic (exact) mass is 270 g/mol. The van der Waals surface area contributed by atoms with Gasteiger partial charge < -0.3 is 0 Å². The van der Waals surface area contributed by atoms with E-state index in [4.69, 9.17) is 0 Å². The van der Waals surface area contributed by atoms with Gasteiger partial charge in [0.2, 0.25) is 0 Å². The van der Waals surface area contributed by atoms with E-state index in [-0.39, 0.29) is 16.9 Å². The minimum atomic E-state index is -0.326. The highest BCUT2D eigenvalue weighted by Gasteiger charge is 2.12. The SMILES string of the molecule is CCn1nc(-c2ccc(C)c(C)c2)cc(C(C)=O)c1=O. The van der Waals surface area contributed by atoms with Crippen LogP contribution in [0, 0.1) is 13.8 Å². The molecular weight excluding hydrogens is 252 g/mol. The van der Waals surface area contributed by atoms with Crippen molar-refractivity contribution < 1.29 is 4.79 Å². The van der Waals surface area contributed by atoms with Gasteiger partial charge in [0.05, 0.1) is 11.3 Å². The quantitative estimate of drug-likeness (QED) is 0.806. The van der Waals surface area contributed by atoms with Gasteiger partial charge in [-0.1, -0.05) is 12.1 Å². The van der Waals surface area contributed by atoms with E-state index in [1.54, 1.807) is 6.07 Å². The average molecular weight is 270 g/mol. The van der Waals surface area contributed by atoms with E-state index in [0.29, 0.717) is 12.2 Å². The first-order valence-electron chi connectivity index (χ1n) is 6.64. The van der Waals surface area contributed by atoms with Crippen LogP contribution in [0.25, 0.3) is 11.3 Å². The van der Waals surface area contributed by atoms with Crippen LogP contribution in [0.2, 0.25) is 0 Å². The van der Waals surface area contributed by atoms with E-state index in [9.17, 15) is 9.59 Å². The summed E-state index contributed by atoms with van der Waals surface area (Å²) in [5, 5.41) is 4.33. The molecule has 1 aromatic carbocycles. The summed E-state index contributed by atoms with van der Waals surface area (Å²) < 4.78 is 1.33. The van der Waals surface area contributed by atoms with E-state index < -0.39 is 0 Å². The van der Waals surface area contributed by atoms with Gasteiger partial charge in [-0.05, 0) is 51.0 Å². The molecule has 2 aromatic rings. The van der Waals surface area contributed by atoms with Crippen molar-refractivity contribution in [1.82, 2.24) is 9.78 Å². The highest BCUT2D eigenvalue weighted by molar-refractivity contribution is 5.94. The van der Waals surface area contributed by atoms with Crippen molar-refractivity contribution in [1.29, 1.82) is 0 Å². The predicted octanol–water partition coefficient (Wildman–Crippen LogP) is 2.75. The predicted molar refractivity (Wildman–Crippen MR) is 79.1 cm³/mol. The largest absolute Gasteiger partial charge is 0.294 e. The molecular formula is C16H18N2O2. The molecule has 0 saturated carbocycles. The number of aromatic nitrogens is 2. The molecule has 20 heavy (non-hydrogen) atoms. The third kappa shape index (κ3) is 2.54. The highest BCUT2D eigenvalue weighted by Crippen LogP contribution is 2.20. The fourth-order valence-corrected chi connectivity index (χ4v) is 2.05. The lowest BCUT2D eigenvalue weighted by atomic mass is 10.0. The topological polar surface area (TPSA) is 52.0 Å². The number of rotatable bonds is 3. The number of nitrogens with zero attached hydrogens (tertiary/aromatic N) is 2. The molecule has 1 aromatic heterocycles. The molecule has 0 saturated heterocycles. The van der Waals surface area contributed by atoms with E-state index >= 15 is 0 Å². The van der Waals surface area contributed by atoms with Crippen LogP contribution in [0.5, 0.6) is 0 Å². The number of carbonyl (C=O) groups excluding carboxylic acids is 1. The lowest BCUT2D eigenvalue weighted by Crippen LogP contribution is -2.27. The van der Waals surface area contributed by atoms with Crippen molar-refractivity contribution >= 4 is 5.78 Å². The van der Waals surface area contributed by atoms with Crippen molar-refractivity contribution in [2.75, 3.05) is 0 Å². The maximum Gasteiger partial charge on any atom is 0.277 e. The molecule has 0 spiro atoms. The highest BCUT2D eigenvalue weighted by atomic mass is 16.1. The second-order valence-corrected chi connectivity index (χ2v) is 4.92. The number of carbonyl (C=O) groups is 1. The van der Waals surface area contributed by atoms with E-state index in [0.717, 1.165) is 11.1 Å². The second kappa shape index (κ2) is 5.41. The van der Waals surface area contributed by atoms with Gasteiger partial charge in [0.1, 0.15) is 0 Å². The normalized spacial score (nSPS) is 10.6. The zero-order valence-corrected chi connectivity index (χ0v) is 12.2. The molecule has 0 radical (unpaired) electrons. The van der Waals surface area contributed by atoms with E-state index in [2.05, 4.69) is 5.10 Å². The molecule has 0 aliphatic carbocycles. The molecule has 0 atom stereocenters. The number of benzene rings is 1. The van der Waals surface area contributed by atoms with Gasteiger partial charge in [-0.2, -0.15) is 5.10 Å². The minimum absolute atomic E-state index is 0.190. The molecule has 4 heteroatoms. The zero-order valence-electron chi connectivity index (χ0n) is 12.2. The fraction of sp³-hybridized carbons (Fsp3) is 0.312. The lowest BCUT2D eigenvalue weighted by molar-refractivity contribution is 0.101. The van der Waals surface area contributed by atoms with Gasteiger partial charge in [-0.3, -0.25) is 9.59 Å². The smallest absolute Gasteiger partial charge is 0.277 e. The van der Waals surface area contributed by atoms with Gasteiger partial charge in [0.25, 0.3) is 5.56 Å².